The number of carbonyl (C=O) groups excluding carboxylic acids is 2. The summed E-state index contributed by atoms with van der Waals surface area (Å²) in [5.74, 6) is -1.09. The van der Waals surface area contributed by atoms with Crippen LogP contribution in [0, 0.1) is 5.53 Å². The van der Waals surface area contributed by atoms with Gasteiger partial charge in [0.2, 0.25) is 11.8 Å². The van der Waals surface area contributed by atoms with Gasteiger partial charge >= 0.3 is 0 Å². The van der Waals surface area contributed by atoms with Crippen LogP contribution in [0.15, 0.2) is 5.22 Å². The first kappa shape index (κ1) is 11.8. The van der Waals surface area contributed by atoms with Crippen LogP contribution in [0.2, 0.25) is 0 Å². The number of hydrogen-bond donors (Lipinski definition) is 1. The van der Waals surface area contributed by atoms with Gasteiger partial charge < -0.3 is 0 Å². The molecule has 10 heavy (non-hydrogen) atoms. The highest BCUT2D eigenvalue weighted by atomic mass is 32.1. The van der Waals surface area contributed by atoms with Crippen molar-refractivity contribution in [1.82, 2.24) is 5.01 Å². The minimum absolute atomic E-state index is 0. The van der Waals surface area contributed by atoms with E-state index in [2.05, 4.69) is 5.22 Å². The summed E-state index contributed by atoms with van der Waals surface area (Å²) in [7, 11) is 0. The molecule has 6 heteroatoms. The van der Waals surface area contributed by atoms with Gasteiger partial charge in [0.15, 0.2) is 0 Å². The summed E-state index contributed by atoms with van der Waals surface area (Å²) in [5.41, 5.74) is 6.33. The second kappa shape index (κ2) is 4.92. The average Bonchev–Trinajstić information content (AvgIpc) is 1.64. The molecule has 0 unspecified atom stereocenters. The molecule has 1 N–H and O–H groups in total. The van der Waals surface area contributed by atoms with Crippen LogP contribution in [0.5, 0.6) is 0 Å². The van der Waals surface area contributed by atoms with Crippen molar-refractivity contribution in [3.8, 4) is 0 Å². The molecule has 0 spiro atoms. The van der Waals surface area contributed by atoms with Crippen LogP contribution < -0.4 is 0 Å². The van der Waals surface area contributed by atoms with Crippen molar-refractivity contribution in [2.24, 2.45) is 5.22 Å². The second-order valence-electron chi connectivity index (χ2n) is 1.45. The average molecular weight is 161 g/mol. The van der Waals surface area contributed by atoms with E-state index in [1.54, 1.807) is 0 Å². The van der Waals surface area contributed by atoms with Gasteiger partial charge in [0, 0.05) is 27.3 Å². The molecule has 0 aromatic carbocycles. The summed E-state index contributed by atoms with van der Waals surface area (Å²) in [6, 6.07) is 0. The zero-order chi connectivity index (χ0) is 7.44. The summed E-state index contributed by atoms with van der Waals surface area (Å²) in [6.07, 6.45) is 0. The Kier molecular flexibility index (Phi) is 5.82. The molecule has 0 aromatic heterocycles. The standard InChI is InChI=1S/C4H7N3O2.S/c1-3(8)7(6-5)4(2)9;/h5H,1-2H3;. The van der Waals surface area contributed by atoms with Crippen LogP contribution in [0.4, 0.5) is 0 Å². The van der Waals surface area contributed by atoms with Crippen LogP contribution in [0.1, 0.15) is 13.8 Å². The number of rotatable bonds is 1. The van der Waals surface area contributed by atoms with E-state index in [-0.39, 0.29) is 13.5 Å². The van der Waals surface area contributed by atoms with Gasteiger partial charge in [-0.25, -0.2) is 0 Å². The molecule has 0 rings (SSSR count). The minimum atomic E-state index is -0.544. The van der Waals surface area contributed by atoms with Gasteiger partial charge in [-0.05, 0) is 0 Å². The van der Waals surface area contributed by atoms with E-state index in [1.165, 1.54) is 13.8 Å². The van der Waals surface area contributed by atoms with Gasteiger partial charge in [0.1, 0.15) is 0 Å². The topological polar surface area (TPSA) is 73.6 Å². The van der Waals surface area contributed by atoms with Crippen molar-refractivity contribution < 1.29 is 9.59 Å². The summed E-state index contributed by atoms with van der Waals surface area (Å²) in [6.45, 7) is 2.33. The molecule has 0 aliphatic heterocycles. The fourth-order valence-corrected chi connectivity index (χ4v) is 0.363. The summed E-state index contributed by atoms with van der Waals surface area (Å²) < 4.78 is 0. The predicted molar refractivity (Wildman–Crippen MR) is 35.9 cm³/mol. The molecule has 5 nitrogen and oxygen atoms in total. The lowest BCUT2D eigenvalue weighted by molar-refractivity contribution is -0.142. The molecule has 0 bridgehead atoms. The number of nitrogens with one attached hydrogen (secondary N) is 1. The first-order valence-electron chi connectivity index (χ1n) is 2.28. The smallest absolute Gasteiger partial charge is 0.248 e. The van der Waals surface area contributed by atoms with Crippen LogP contribution in [-0.2, 0) is 9.59 Å². The molecule has 0 heterocycles. The number of imide groups is 1. The monoisotopic (exact) mass is 161 g/mol. The van der Waals surface area contributed by atoms with Gasteiger partial charge in [0.05, 0.1) is 0 Å². The highest BCUT2D eigenvalue weighted by molar-refractivity contribution is 7.59. The number of amides is 2. The van der Waals surface area contributed by atoms with Crippen molar-refractivity contribution in [3.63, 3.8) is 0 Å². The van der Waals surface area contributed by atoms with Crippen LogP contribution in [-0.4, -0.2) is 16.8 Å². The maximum Gasteiger partial charge on any atom is 0.248 e. The lowest BCUT2D eigenvalue weighted by Gasteiger charge is -2.04. The third-order valence-electron chi connectivity index (χ3n) is 0.697. The van der Waals surface area contributed by atoms with Crippen LogP contribution in [0.25, 0.3) is 0 Å². The second-order valence-corrected chi connectivity index (χ2v) is 1.45. The van der Waals surface area contributed by atoms with E-state index in [9.17, 15) is 9.59 Å². The maximum atomic E-state index is 10.3. The quantitative estimate of drug-likeness (QED) is 0.459. The third-order valence-corrected chi connectivity index (χ3v) is 0.697. The van der Waals surface area contributed by atoms with Crippen molar-refractivity contribution in [3.05, 3.63) is 0 Å². The molecule has 2 radical (unpaired) electrons. The Morgan fingerprint density at radius 1 is 1.30 bits per heavy atom. The van der Waals surface area contributed by atoms with Gasteiger partial charge in [-0.1, -0.05) is 5.22 Å². The molecular weight excluding hydrogens is 154 g/mol. The molecule has 0 aliphatic carbocycles. The van der Waals surface area contributed by atoms with Crippen LogP contribution >= 0.6 is 13.5 Å². The van der Waals surface area contributed by atoms with E-state index >= 15 is 0 Å². The Hall–Kier alpha value is -0.910. The highest BCUT2D eigenvalue weighted by Crippen LogP contribution is 1.89. The maximum absolute atomic E-state index is 10.3. The number of hydrogen-bond acceptors (Lipinski definition) is 4. The summed E-state index contributed by atoms with van der Waals surface area (Å²) >= 11 is 0. The predicted octanol–water partition coefficient (Wildman–Crippen LogP) is 0.976. The molecule has 0 aromatic rings. The number of carbonyl (C=O) groups is 2. The van der Waals surface area contributed by atoms with Gasteiger partial charge in [0.25, 0.3) is 0 Å². The van der Waals surface area contributed by atoms with Gasteiger partial charge in [-0.3, -0.25) is 9.59 Å². The van der Waals surface area contributed by atoms with Crippen LogP contribution in [0.3, 0.4) is 0 Å². The van der Waals surface area contributed by atoms with Gasteiger partial charge in [-0.2, -0.15) is 5.53 Å². The minimum Gasteiger partial charge on any atom is -0.273 e. The molecule has 0 aliphatic rings. The Morgan fingerprint density at radius 3 is 1.60 bits per heavy atom. The molecule has 0 saturated heterocycles. The zero-order valence-electron chi connectivity index (χ0n) is 5.62. The molecule has 0 atom stereocenters. The van der Waals surface area contributed by atoms with E-state index in [4.69, 9.17) is 5.53 Å². The van der Waals surface area contributed by atoms with E-state index < -0.39 is 11.8 Å². The first-order valence-corrected chi connectivity index (χ1v) is 2.28. The molecule has 0 fully saturated rings. The van der Waals surface area contributed by atoms with E-state index in [0.717, 1.165) is 0 Å². The third kappa shape index (κ3) is 3.18. The van der Waals surface area contributed by atoms with Crippen molar-refractivity contribution in [2.45, 2.75) is 13.8 Å². The first-order chi connectivity index (χ1) is 4.09. The van der Waals surface area contributed by atoms with Crippen molar-refractivity contribution in [2.75, 3.05) is 0 Å². The van der Waals surface area contributed by atoms with Gasteiger partial charge in [-0.15, -0.1) is 5.01 Å². The normalized spacial score (nSPS) is 7.40. The molecular formula is C4H7N3O2S. The Labute approximate surface area is 65.3 Å². The Morgan fingerprint density at radius 2 is 1.60 bits per heavy atom. The zero-order valence-corrected chi connectivity index (χ0v) is 6.44. The summed E-state index contributed by atoms with van der Waals surface area (Å²) in [5, 5.41) is 3.14. The Balaban J connectivity index is 0. The van der Waals surface area contributed by atoms with Crippen molar-refractivity contribution >= 4 is 25.3 Å². The summed E-state index contributed by atoms with van der Waals surface area (Å²) in [4.78, 5) is 20.6. The van der Waals surface area contributed by atoms with E-state index in [1.807, 2.05) is 0 Å². The van der Waals surface area contributed by atoms with E-state index in [0.29, 0.717) is 5.01 Å². The van der Waals surface area contributed by atoms with Crippen molar-refractivity contribution in [1.29, 1.82) is 5.53 Å². The fourth-order valence-electron chi connectivity index (χ4n) is 0.363. The molecule has 2 amide bonds. The lowest BCUT2D eigenvalue weighted by Crippen LogP contribution is -2.26. The highest BCUT2D eigenvalue weighted by Gasteiger charge is 2.10. The largest absolute Gasteiger partial charge is 0.273 e. The SMILES string of the molecule is CC(=O)N(N=N)C(C)=O.[S]. The number of nitrogens with zero attached hydrogens (tertiary/aromatic N) is 2. The lowest BCUT2D eigenvalue weighted by atomic mass is 10.6. The Bertz CT molecular complexity index is 145. The molecule has 0 saturated carbocycles. The fraction of sp³-hybridized carbons (Fsp3) is 0.500. The molecule has 56 valence electrons.